The van der Waals surface area contributed by atoms with Crippen molar-refractivity contribution in [3.63, 3.8) is 0 Å². The van der Waals surface area contributed by atoms with Crippen molar-refractivity contribution in [3.8, 4) is 0 Å². The molecule has 0 saturated heterocycles. The maximum absolute atomic E-state index is 10.3. The predicted molar refractivity (Wildman–Crippen MR) is 77.8 cm³/mol. The molecule has 0 aliphatic heterocycles. The summed E-state index contributed by atoms with van der Waals surface area (Å²) >= 11 is 0. The molecule has 1 N–H and O–H groups in total. The molecule has 106 valence electrons. The Labute approximate surface area is 112 Å². The average molecular weight is 254 g/mol. The monoisotopic (exact) mass is 254 g/mol. The number of carboxylic acids is 1. The Bertz CT molecular complexity index is 219. The molecule has 0 aromatic heterocycles. The molecule has 0 bridgehead atoms. The van der Waals surface area contributed by atoms with Gasteiger partial charge < -0.3 is 5.11 Å². The number of unbranched alkanes of at least 4 members (excludes halogenated alkanes) is 6. The number of aliphatic carboxylic acids is 1. The Balaban J connectivity index is 3.09. The number of rotatable bonds is 12. The van der Waals surface area contributed by atoms with Gasteiger partial charge in [-0.15, -0.1) is 0 Å². The van der Waals surface area contributed by atoms with E-state index >= 15 is 0 Å². The van der Waals surface area contributed by atoms with Crippen molar-refractivity contribution in [2.45, 2.75) is 78.1 Å². The number of hydrogen-bond acceptors (Lipinski definition) is 1. The quantitative estimate of drug-likeness (QED) is 0.384. The van der Waals surface area contributed by atoms with Gasteiger partial charge in [0.1, 0.15) is 0 Å². The third-order valence-electron chi connectivity index (χ3n) is 3.09. The van der Waals surface area contributed by atoms with Crippen molar-refractivity contribution < 1.29 is 9.90 Å². The van der Waals surface area contributed by atoms with Crippen LogP contribution >= 0.6 is 0 Å². The first-order chi connectivity index (χ1) is 8.63. The zero-order chi connectivity index (χ0) is 13.6. The highest BCUT2D eigenvalue weighted by atomic mass is 16.4. The fourth-order valence-corrected chi connectivity index (χ4v) is 1.96. The van der Waals surface area contributed by atoms with Gasteiger partial charge in [-0.05, 0) is 25.2 Å². The van der Waals surface area contributed by atoms with E-state index in [-0.39, 0.29) is 6.42 Å². The predicted octanol–water partition coefficient (Wildman–Crippen LogP) is 5.18. The molecule has 0 aliphatic carbocycles. The highest BCUT2D eigenvalue weighted by molar-refractivity contribution is 5.66. The van der Waals surface area contributed by atoms with Crippen molar-refractivity contribution in [2.75, 3.05) is 0 Å². The van der Waals surface area contributed by atoms with Gasteiger partial charge in [0.25, 0.3) is 0 Å². The highest BCUT2D eigenvalue weighted by Gasteiger charge is 1.94. The van der Waals surface area contributed by atoms with Crippen molar-refractivity contribution >= 4 is 5.97 Å². The lowest BCUT2D eigenvalue weighted by Crippen LogP contribution is -1.91. The van der Waals surface area contributed by atoms with Crippen molar-refractivity contribution in [1.29, 1.82) is 0 Å². The van der Waals surface area contributed by atoms with Crippen LogP contribution < -0.4 is 0 Å². The third-order valence-corrected chi connectivity index (χ3v) is 3.09. The summed E-state index contributed by atoms with van der Waals surface area (Å²) in [5, 5.41) is 8.46. The van der Waals surface area contributed by atoms with Gasteiger partial charge in [0.05, 0.1) is 0 Å². The number of allylic oxidation sites excluding steroid dienone is 2. The molecule has 0 aromatic rings. The second-order valence-electron chi connectivity index (χ2n) is 5.50. The van der Waals surface area contributed by atoms with E-state index in [0.29, 0.717) is 6.42 Å². The Kier molecular flexibility index (Phi) is 12.1. The van der Waals surface area contributed by atoms with Crippen LogP contribution in [0.1, 0.15) is 78.1 Å². The molecule has 0 spiro atoms. The summed E-state index contributed by atoms with van der Waals surface area (Å²) in [7, 11) is 0. The van der Waals surface area contributed by atoms with E-state index in [4.69, 9.17) is 5.11 Å². The molecule has 18 heavy (non-hydrogen) atoms. The molecule has 0 atom stereocenters. The SMILES string of the molecule is CC(C)CCCCCCCC/C=C\CCC(=O)O. The Hall–Kier alpha value is -0.790. The summed E-state index contributed by atoms with van der Waals surface area (Å²) in [5.41, 5.74) is 0. The van der Waals surface area contributed by atoms with Crippen LogP contribution in [0, 0.1) is 5.92 Å². The minimum atomic E-state index is -0.707. The molecule has 0 radical (unpaired) electrons. The first-order valence-electron chi connectivity index (χ1n) is 7.49. The van der Waals surface area contributed by atoms with Gasteiger partial charge in [-0.3, -0.25) is 4.79 Å². The number of carboxylic acid groups (broad SMARTS) is 1. The van der Waals surface area contributed by atoms with Crippen molar-refractivity contribution in [2.24, 2.45) is 5.92 Å². The average Bonchev–Trinajstić information content (AvgIpc) is 2.29. The first-order valence-corrected chi connectivity index (χ1v) is 7.49. The first kappa shape index (κ1) is 17.2. The van der Waals surface area contributed by atoms with E-state index in [1.54, 1.807) is 0 Å². The largest absolute Gasteiger partial charge is 0.481 e. The van der Waals surface area contributed by atoms with Crippen LogP contribution in [-0.4, -0.2) is 11.1 Å². The van der Waals surface area contributed by atoms with E-state index < -0.39 is 5.97 Å². The Morgan fingerprint density at radius 3 is 2.11 bits per heavy atom. The van der Waals surface area contributed by atoms with E-state index in [1.807, 2.05) is 6.08 Å². The molecule has 0 fully saturated rings. The summed E-state index contributed by atoms with van der Waals surface area (Å²) in [4.78, 5) is 10.3. The fraction of sp³-hybridized carbons (Fsp3) is 0.812. The summed E-state index contributed by atoms with van der Waals surface area (Å²) in [6.07, 6.45) is 15.6. The zero-order valence-corrected chi connectivity index (χ0v) is 12.2. The molecule has 2 nitrogen and oxygen atoms in total. The van der Waals surface area contributed by atoms with Crippen molar-refractivity contribution in [1.82, 2.24) is 0 Å². The standard InChI is InChI=1S/C16H30O2/c1-15(2)13-11-9-7-5-3-4-6-8-10-12-14-16(17)18/h8,10,15H,3-7,9,11-14H2,1-2H3,(H,17,18)/b10-8-. The lowest BCUT2D eigenvalue weighted by molar-refractivity contribution is -0.136. The van der Waals surface area contributed by atoms with E-state index in [9.17, 15) is 4.79 Å². The Morgan fingerprint density at radius 1 is 0.944 bits per heavy atom. The second-order valence-corrected chi connectivity index (χ2v) is 5.50. The van der Waals surface area contributed by atoms with Crippen LogP contribution in [0.3, 0.4) is 0 Å². The van der Waals surface area contributed by atoms with Gasteiger partial charge in [0, 0.05) is 6.42 Å². The smallest absolute Gasteiger partial charge is 0.303 e. The minimum absolute atomic E-state index is 0.256. The molecule has 0 aromatic carbocycles. The fourth-order valence-electron chi connectivity index (χ4n) is 1.96. The minimum Gasteiger partial charge on any atom is -0.481 e. The summed E-state index contributed by atoms with van der Waals surface area (Å²) < 4.78 is 0. The molecule has 0 rings (SSSR count). The van der Waals surface area contributed by atoms with Crippen LogP contribution in [0.4, 0.5) is 0 Å². The molecule has 2 heteroatoms. The van der Waals surface area contributed by atoms with E-state index in [1.165, 1.54) is 44.9 Å². The Morgan fingerprint density at radius 2 is 1.50 bits per heavy atom. The normalized spacial score (nSPS) is 11.5. The van der Waals surface area contributed by atoms with Gasteiger partial charge in [0.15, 0.2) is 0 Å². The van der Waals surface area contributed by atoms with Gasteiger partial charge in [0.2, 0.25) is 0 Å². The van der Waals surface area contributed by atoms with Crippen LogP contribution in [0.15, 0.2) is 12.2 Å². The van der Waals surface area contributed by atoms with E-state index in [2.05, 4.69) is 19.9 Å². The number of hydrogen-bond donors (Lipinski definition) is 1. The molecule has 0 aliphatic rings. The van der Waals surface area contributed by atoms with Crippen LogP contribution in [0.5, 0.6) is 0 Å². The van der Waals surface area contributed by atoms with Crippen LogP contribution in [-0.2, 0) is 4.79 Å². The van der Waals surface area contributed by atoms with Gasteiger partial charge >= 0.3 is 5.97 Å². The lowest BCUT2D eigenvalue weighted by Gasteiger charge is -2.03. The third kappa shape index (κ3) is 15.2. The number of carbonyl (C=O) groups is 1. The summed E-state index contributed by atoms with van der Waals surface area (Å²) in [5.74, 6) is 0.141. The second kappa shape index (κ2) is 12.7. The highest BCUT2D eigenvalue weighted by Crippen LogP contribution is 2.12. The van der Waals surface area contributed by atoms with Gasteiger partial charge in [-0.25, -0.2) is 0 Å². The van der Waals surface area contributed by atoms with Crippen molar-refractivity contribution in [3.05, 3.63) is 12.2 Å². The summed E-state index contributed by atoms with van der Waals surface area (Å²) in [6, 6.07) is 0. The molecular weight excluding hydrogens is 224 g/mol. The molecular formula is C16H30O2. The molecule has 0 amide bonds. The summed E-state index contributed by atoms with van der Waals surface area (Å²) in [6.45, 7) is 4.58. The lowest BCUT2D eigenvalue weighted by atomic mass is 10.0. The zero-order valence-electron chi connectivity index (χ0n) is 12.2. The van der Waals surface area contributed by atoms with E-state index in [0.717, 1.165) is 12.3 Å². The molecule has 0 heterocycles. The maximum Gasteiger partial charge on any atom is 0.303 e. The molecule has 0 saturated carbocycles. The van der Waals surface area contributed by atoms with Gasteiger partial charge in [-0.1, -0.05) is 64.5 Å². The van der Waals surface area contributed by atoms with Gasteiger partial charge in [-0.2, -0.15) is 0 Å². The molecule has 0 unspecified atom stereocenters. The maximum atomic E-state index is 10.3. The van der Waals surface area contributed by atoms with Crippen LogP contribution in [0.2, 0.25) is 0 Å². The topological polar surface area (TPSA) is 37.3 Å². The van der Waals surface area contributed by atoms with Crippen LogP contribution in [0.25, 0.3) is 0 Å².